The van der Waals surface area contributed by atoms with E-state index in [-0.39, 0.29) is 23.8 Å². The fourth-order valence-electron chi connectivity index (χ4n) is 3.50. The van der Waals surface area contributed by atoms with Crippen LogP contribution in [0.4, 0.5) is 5.69 Å². The van der Waals surface area contributed by atoms with Crippen LogP contribution >= 0.6 is 11.6 Å². The van der Waals surface area contributed by atoms with Crippen LogP contribution in [0.2, 0.25) is 19.6 Å². The summed E-state index contributed by atoms with van der Waals surface area (Å²) in [6.45, 7) is 8.67. The Bertz CT molecular complexity index is 1050. The normalized spacial score (nSPS) is 19.5. The summed E-state index contributed by atoms with van der Waals surface area (Å²) in [4.78, 5) is 13.4. The fourth-order valence-corrected chi connectivity index (χ4v) is 6.07. The lowest BCUT2D eigenvalue weighted by Crippen LogP contribution is -2.39. The highest BCUT2D eigenvalue weighted by atomic mass is 35.5. The molecule has 0 fully saturated rings. The number of hydrogen-bond donors (Lipinski definition) is 1. The molecule has 1 heterocycles. The predicted molar refractivity (Wildman–Crippen MR) is 121 cm³/mol. The van der Waals surface area contributed by atoms with Gasteiger partial charge in [0.25, 0.3) is 5.91 Å². The van der Waals surface area contributed by atoms with Gasteiger partial charge in [0.05, 0.1) is 13.0 Å². The highest BCUT2D eigenvalue weighted by molar-refractivity contribution is 7.89. The van der Waals surface area contributed by atoms with Crippen molar-refractivity contribution in [2.45, 2.75) is 42.8 Å². The molecule has 0 aliphatic carbocycles. The lowest BCUT2D eigenvalue weighted by atomic mass is 9.96. The number of benzene rings is 2. The van der Waals surface area contributed by atoms with Gasteiger partial charge in [-0.15, -0.1) is 11.6 Å². The average molecular weight is 451 g/mol. The first-order valence-electron chi connectivity index (χ1n) is 9.55. The molecule has 1 aliphatic rings. The molecule has 1 atom stereocenters. The van der Waals surface area contributed by atoms with Crippen molar-refractivity contribution < 1.29 is 13.2 Å². The van der Waals surface area contributed by atoms with Crippen LogP contribution in [0.25, 0.3) is 0 Å². The highest BCUT2D eigenvalue weighted by Gasteiger charge is 2.48. The lowest BCUT2D eigenvalue weighted by Gasteiger charge is -2.23. The minimum atomic E-state index is -3.66. The van der Waals surface area contributed by atoms with E-state index in [4.69, 9.17) is 11.6 Å². The van der Waals surface area contributed by atoms with Crippen molar-refractivity contribution in [3.63, 3.8) is 0 Å². The minimum absolute atomic E-state index is 0.0654. The van der Waals surface area contributed by atoms with E-state index >= 15 is 0 Å². The Kier molecular flexibility index (Phi) is 5.73. The molecule has 29 heavy (non-hydrogen) atoms. The summed E-state index contributed by atoms with van der Waals surface area (Å²) >= 11 is 6.85. The number of halogens is 1. The second-order valence-corrected chi connectivity index (χ2v) is 16.1. The zero-order chi connectivity index (χ0) is 21.6. The third-order valence-corrected chi connectivity index (χ3v) is 9.46. The first-order valence-corrected chi connectivity index (χ1v) is 14.9. The standard InChI is InChI=1S/C21H27ClN2O3SSi/c1-15-6-8-16(9-7-15)28(26,27)23-13-12-21(22)18-14-17(29(3,4)5)10-11-19(18)24(2)20(21)25/h6-11,14,23H,12-13H2,1-5H3. The van der Waals surface area contributed by atoms with Gasteiger partial charge in [-0.05, 0) is 31.5 Å². The molecular formula is C21H27ClN2O3SSi. The van der Waals surface area contributed by atoms with Crippen molar-refractivity contribution in [1.29, 1.82) is 0 Å². The third kappa shape index (κ3) is 4.14. The second kappa shape index (κ2) is 7.54. The molecule has 2 aromatic carbocycles. The van der Waals surface area contributed by atoms with Gasteiger partial charge in [0, 0.05) is 24.8 Å². The number of anilines is 1. The number of hydrogen-bond acceptors (Lipinski definition) is 3. The molecular weight excluding hydrogens is 424 g/mol. The molecule has 1 unspecified atom stereocenters. The van der Waals surface area contributed by atoms with E-state index in [1.807, 2.05) is 19.1 Å². The molecule has 0 spiro atoms. The molecule has 5 nitrogen and oxygen atoms in total. The smallest absolute Gasteiger partial charge is 0.252 e. The van der Waals surface area contributed by atoms with Gasteiger partial charge in [-0.25, -0.2) is 13.1 Å². The molecule has 1 aliphatic heterocycles. The lowest BCUT2D eigenvalue weighted by molar-refractivity contribution is -0.120. The maximum absolute atomic E-state index is 12.9. The molecule has 8 heteroatoms. The monoisotopic (exact) mass is 450 g/mol. The van der Waals surface area contributed by atoms with Gasteiger partial charge in [-0.2, -0.15) is 0 Å². The molecule has 1 N–H and O–H groups in total. The quantitative estimate of drug-likeness (QED) is 0.542. The number of nitrogens with one attached hydrogen (secondary N) is 1. The summed E-state index contributed by atoms with van der Waals surface area (Å²) < 4.78 is 27.7. The molecule has 3 rings (SSSR count). The summed E-state index contributed by atoms with van der Waals surface area (Å²) in [5, 5.41) is 1.21. The van der Waals surface area contributed by atoms with Crippen LogP contribution in [0.1, 0.15) is 17.5 Å². The summed E-state index contributed by atoms with van der Waals surface area (Å²) in [5.41, 5.74) is 2.53. The maximum atomic E-state index is 12.9. The topological polar surface area (TPSA) is 66.5 Å². The molecule has 0 radical (unpaired) electrons. The molecule has 156 valence electrons. The number of likely N-dealkylation sites (N-methyl/N-ethyl adjacent to an activating group) is 1. The largest absolute Gasteiger partial charge is 0.313 e. The molecule has 0 saturated heterocycles. The second-order valence-electron chi connectivity index (χ2n) is 8.61. The number of fused-ring (bicyclic) bond motifs is 1. The first-order chi connectivity index (χ1) is 13.4. The maximum Gasteiger partial charge on any atom is 0.252 e. The predicted octanol–water partition coefficient (Wildman–Crippen LogP) is 3.32. The SMILES string of the molecule is Cc1ccc(S(=O)(=O)NCCC2(Cl)C(=O)N(C)c3ccc([Si](C)(C)C)cc32)cc1. The van der Waals surface area contributed by atoms with Crippen molar-refractivity contribution >= 4 is 46.5 Å². The molecule has 2 aromatic rings. The summed E-state index contributed by atoms with van der Waals surface area (Å²) in [5.74, 6) is -0.226. The van der Waals surface area contributed by atoms with E-state index in [1.165, 1.54) is 5.19 Å². The van der Waals surface area contributed by atoms with Crippen molar-refractivity contribution in [3.05, 3.63) is 53.6 Å². The Morgan fingerprint density at radius 2 is 1.72 bits per heavy atom. The fraction of sp³-hybridized carbons (Fsp3) is 0.381. The van der Waals surface area contributed by atoms with Crippen LogP contribution in [0.5, 0.6) is 0 Å². The van der Waals surface area contributed by atoms with E-state index in [2.05, 4.69) is 30.4 Å². The van der Waals surface area contributed by atoms with Crippen LogP contribution in [0, 0.1) is 6.92 Å². The first kappa shape index (κ1) is 22.0. The van der Waals surface area contributed by atoms with Gasteiger partial charge in [0.15, 0.2) is 4.87 Å². The van der Waals surface area contributed by atoms with Gasteiger partial charge >= 0.3 is 0 Å². The number of carbonyl (C=O) groups excluding carboxylic acids is 1. The van der Waals surface area contributed by atoms with Crippen LogP contribution in [-0.2, 0) is 19.7 Å². The van der Waals surface area contributed by atoms with Gasteiger partial charge < -0.3 is 4.90 Å². The summed E-state index contributed by atoms with van der Waals surface area (Å²) in [6.07, 6.45) is 0.172. The number of rotatable bonds is 6. The molecule has 0 saturated carbocycles. The summed E-state index contributed by atoms with van der Waals surface area (Å²) in [6, 6.07) is 12.7. The van der Waals surface area contributed by atoms with E-state index < -0.39 is 23.0 Å². The average Bonchev–Trinajstić information content (AvgIpc) is 2.83. The van der Waals surface area contributed by atoms with Crippen molar-refractivity contribution in [2.75, 3.05) is 18.5 Å². The third-order valence-electron chi connectivity index (χ3n) is 5.39. The number of sulfonamides is 1. The van der Waals surface area contributed by atoms with Crippen LogP contribution in [0.3, 0.4) is 0 Å². The van der Waals surface area contributed by atoms with E-state index in [9.17, 15) is 13.2 Å². The van der Waals surface area contributed by atoms with Crippen LogP contribution in [-0.4, -0.2) is 36.0 Å². The van der Waals surface area contributed by atoms with Crippen LogP contribution < -0.4 is 14.8 Å². The Hall–Kier alpha value is -1.67. The zero-order valence-electron chi connectivity index (χ0n) is 17.4. The number of nitrogens with zero attached hydrogens (tertiary/aromatic N) is 1. The van der Waals surface area contributed by atoms with Crippen molar-refractivity contribution in [1.82, 2.24) is 4.72 Å². The van der Waals surface area contributed by atoms with Gasteiger partial charge in [-0.3, -0.25) is 4.79 Å². The van der Waals surface area contributed by atoms with E-state index in [1.54, 1.807) is 36.2 Å². The molecule has 0 aromatic heterocycles. The van der Waals surface area contributed by atoms with E-state index in [0.29, 0.717) is 0 Å². The van der Waals surface area contributed by atoms with Gasteiger partial charge in [-0.1, -0.05) is 54.7 Å². The van der Waals surface area contributed by atoms with Crippen LogP contribution in [0.15, 0.2) is 47.4 Å². The minimum Gasteiger partial charge on any atom is -0.313 e. The van der Waals surface area contributed by atoms with Gasteiger partial charge in [0.2, 0.25) is 10.0 Å². The number of carbonyl (C=O) groups is 1. The van der Waals surface area contributed by atoms with Crippen molar-refractivity contribution in [3.8, 4) is 0 Å². The molecule has 0 bridgehead atoms. The number of alkyl halides is 1. The van der Waals surface area contributed by atoms with Crippen molar-refractivity contribution in [2.24, 2.45) is 0 Å². The zero-order valence-corrected chi connectivity index (χ0v) is 20.0. The highest BCUT2D eigenvalue weighted by Crippen LogP contribution is 2.46. The van der Waals surface area contributed by atoms with Gasteiger partial charge in [0.1, 0.15) is 0 Å². The molecule has 1 amide bonds. The summed E-state index contributed by atoms with van der Waals surface area (Å²) in [7, 11) is -3.55. The Morgan fingerprint density at radius 3 is 2.31 bits per heavy atom. The van der Waals surface area contributed by atoms with E-state index in [0.717, 1.165) is 16.8 Å². The number of aryl methyl sites for hydroxylation is 1. The Morgan fingerprint density at radius 1 is 1.10 bits per heavy atom. The Labute approximate surface area is 179 Å². The number of amides is 1. The Balaban J connectivity index is 1.84.